The van der Waals surface area contributed by atoms with E-state index in [4.69, 9.17) is 18.6 Å². The molecule has 1 aromatic heterocycles. The fraction of sp³-hybridized carbons (Fsp3) is 0.150. The maximum absolute atomic E-state index is 12.7. The first-order valence-electron chi connectivity index (χ1n) is 7.81. The van der Waals surface area contributed by atoms with Crippen LogP contribution in [-0.2, 0) is 0 Å². The second-order valence-electron chi connectivity index (χ2n) is 5.42. The summed E-state index contributed by atoms with van der Waals surface area (Å²) < 4.78 is 21.0. The molecule has 0 saturated heterocycles. The van der Waals surface area contributed by atoms with E-state index in [0.717, 1.165) is 11.3 Å². The molecule has 1 N–H and O–H groups in total. The lowest BCUT2D eigenvalue weighted by Crippen LogP contribution is -2.02. The van der Waals surface area contributed by atoms with Crippen molar-refractivity contribution in [3.63, 3.8) is 0 Å². The molecule has 0 unspecified atom stereocenters. The molecular weight excluding hydrogens is 336 g/mol. The molecule has 0 saturated carbocycles. The van der Waals surface area contributed by atoms with E-state index in [2.05, 4.69) is 0 Å². The molecule has 6 nitrogen and oxygen atoms in total. The van der Waals surface area contributed by atoms with Crippen molar-refractivity contribution < 1.29 is 28.5 Å². The van der Waals surface area contributed by atoms with Gasteiger partial charge in [-0.15, -0.1) is 0 Å². The third-order valence-corrected chi connectivity index (χ3v) is 3.99. The van der Waals surface area contributed by atoms with E-state index in [0.29, 0.717) is 11.0 Å². The van der Waals surface area contributed by atoms with Crippen molar-refractivity contribution in [1.29, 1.82) is 0 Å². The quantitative estimate of drug-likeness (QED) is 0.531. The Morgan fingerprint density at radius 3 is 2.31 bits per heavy atom. The minimum Gasteiger partial charge on any atom is -0.504 e. The van der Waals surface area contributed by atoms with Crippen LogP contribution in [0.4, 0.5) is 0 Å². The van der Waals surface area contributed by atoms with Crippen molar-refractivity contribution in [2.45, 2.75) is 0 Å². The summed E-state index contributed by atoms with van der Waals surface area (Å²) in [5.74, 6) is 0.305. The molecule has 6 heteroatoms. The van der Waals surface area contributed by atoms with Crippen molar-refractivity contribution in [1.82, 2.24) is 0 Å². The highest BCUT2D eigenvalue weighted by atomic mass is 16.5. The van der Waals surface area contributed by atoms with E-state index >= 15 is 0 Å². The van der Waals surface area contributed by atoms with Crippen molar-refractivity contribution in [2.75, 3.05) is 21.3 Å². The monoisotopic (exact) mass is 354 g/mol. The van der Waals surface area contributed by atoms with Crippen LogP contribution < -0.4 is 14.2 Å². The summed E-state index contributed by atoms with van der Waals surface area (Å²) in [4.78, 5) is 12.7. The number of hydrogen-bond donors (Lipinski definition) is 1. The summed E-state index contributed by atoms with van der Waals surface area (Å²) in [6.07, 6.45) is 4.45. The summed E-state index contributed by atoms with van der Waals surface area (Å²) in [6, 6.07) is 8.88. The topological polar surface area (TPSA) is 78.1 Å². The lowest BCUT2D eigenvalue weighted by Gasteiger charge is -2.13. The molecule has 0 amide bonds. The maximum Gasteiger partial charge on any atom is 0.205 e. The summed E-state index contributed by atoms with van der Waals surface area (Å²) in [7, 11) is 4.41. The second-order valence-corrected chi connectivity index (χ2v) is 5.42. The summed E-state index contributed by atoms with van der Waals surface area (Å²) in [6.45, 7) is 0. The van der Waals surface area contributed by atoms with Gasteiger partial charge in [-0.1, -0.05) is 18.2 Å². The van der Waals surface area contributed by atoms with Gasteiger partial charge in [0, 0.05) is 0 Å². The maximum atomic E-state index is 12.7. The van der Waals surface area contributed by atoms with Crippen LogP contribution in [0.5, 0.6) is 23.0 Å². The number of carbonyl (C=O) groups excluding carboxylic acids is 1. The van der Waals surface area contributed by atoms with E-state index in [9.17, 15) is 9.90 Å². The van der Waals surface area contributed by atoms with Gasteiger partial charge in [0.25, 0.3) is 0 Å². The fourth-order valence-electron chi connectivity index (χ4n) is 2.73. The SMILES string of the molecule is COc1ccc(/C=C/C(=O)c2c(O)c(OC)c3occc3c2OC)cc1. The van der Waals surface area contributed by atoms with Gasteiger partial charge in [-0.3, -0.25) is 4.79 Å². The number of rotatable bonds is 6. The Kier molecular flexibility index (Phi) is 4.84. The van der Waals surface area contributed by atoms with Crippen molar-refractivity contribution in [3.05, 3.63) is 53.8 Å². The molecule has 3 rings (SSSR count). The Hall–Kier alpha value is -3.41. The predicted octanol–water partition coefficient (Wildman–Crippen LogP) is 4.06. The molecule has 2 aromatic carbocycles. The van der Waals surface area contributed by atoms with Crippen LogP contribution in [0.2, 0.25) is 0 Å². The van der Waals surface area contributed by atoms with E-state index in [1.807, 2.05) is 12.1 Å². The van der Waals surface area contributed by atoms with Gasteiger partial charge >= 0.3 is 0 Å². The molecule has 3 aromatic rings. The number of methoxy groups -OCH3 is 3. The minimum absolute atomic E-state index is 0.0167. The minimum atomic E-state index is -0.420. The normalized spacial score (nSPS) is 11.0. The van der Waals surface area contributed by atoms with Gasteiger partial charge in [0.2, 0.25) is 5.75 Å². The molecule has 1 heterocycles. The first kappa shape index (κ1) is 17.4. The van der Waals surface area contributed by atoms with Gasteiger partial charge in [0.05, 0.1) is 33.0 Å². The molecule has 0 fully saturated rings. The van der Waals surface area contributed by atoms with Gasteiger partial charge in [-0.2, -0.15) is 0 Å². The van der Waals surface area contributed by atoms with Crippen LogP contribution in [0, 0.1) is 0 Å². The molecule has 0 radical (unpaired) electrons. The highest BCUT2D eigenvalue weighted by Gasteiger charge is 2.26. The zero-order valence-electron chi connectivity index (χ0n) is 14.6. The Balaban J connectivity index is 2.04. The third-order valence-electron chi connectivity index (χ3n) is 3.99. The Morgan fingerprint density at radius 1 is 1.00 bits per heavy atom. The summed E-state index contributed by atoms with van der Waals surface area (Å²) in [5, 5.41) is 11.1. The van der Waals surface area contributed by atoms with Crippen molar-refractivity contribution >= 4 is 22.8 Å². The molecule has 0 spiro atoms. The lowest BCUT2D eigenvalue weighted by atomic mass is 10.0. The largest absolute Gasteiger partial charge is 0.504 e. The van der Waals surface area contributed by atoms with Gasteiger partial charge in [0.1, 0.15) is 17.1 Å². The smallest absolute Gasteiger partial charge is 0.205 e. The van der Waals surface area contributed by atoms with E-state index in [1.54, 1.807) is 31.4 Å². The highest BCUT2D eigenvalue weighted by Crippen LogP contribution is 2.45. The van der Waals surface area contributed by atoms with Crippen LogP contribution in [-0.4, -0.2) is 32.2 Å². The van der Waals surface area contributed by atoms with Gasteiger partial charge < -0.3 is 23.7 Å². The van der Waals surface area contributed by atoms with Gasteiger partial charge in [-0.25, -0.2) is 0 Å². The van der Waals surface area contributed by atoms with Crippen LogP contribution in [0.15, 0.2) is 47.1 Å². The predicted molar refractivity (Wildman–Crippen MR) is 97.3 cm³/mol. The van der Waals surface area contributed by atoms with E-state index < -0.39 is 5.78 Å². The molecule has 26 heavy (non-hydrogen) atoms. The highest BCUT2D eigenvalue weighted by molar-refractivity contribution is 6.15. The number of phenols is 1. The Morgan fingerprint density at radius 2 is 1.69 bits per heavy atom. The Bertz CT molecular complexity index is 966. The average Bonchev–Trinajstić information content (AvgIpc) is 3.14. The second kappa shape index (κ2) is 7.23. The molecule has 0 bridgehead atoms. The Labute approximate surface area is 150 Å². The molecule has 0 atom stereocenters. The fourth-order valence-corrected chi connectivity index (χ4v) is 2.73. The first-order valence-corrected chi connectivity index (χ1v) is 7.81. The number of hydrogen-bond acceptors (Lipinski definition) is 6. The van der Waals surface area contributed by atoms with Crippen LogP contribution in [0.3, 0.4) is 0 Å². The van der Waals surface area contributed by atoms with Crippen LogP contribution in [0.25, 0.3) is 17.0 Å². The standard InChI is InChI=1S/C20H18O6/c1-23-13-7-4-12(5-8-13)6-9-15(21)16-17(22)20(25-3)19-14(10-11-26-19)18(16)24-2/h4-11,22H,1-3H3/b9-6+. The number of phenolic OH excluding ortho intramolecular Hbond substituents is 1. The number of fused-ring (bicyclic) bond motifs is 1. The zero-order chi connectivity index (χ0) is 18.7. The lowest BCUT2D eigenvalue weighted by molar-refractivity contribution is 0.104. The number of furan rings is 1. The molecule has 0 aliphatic rings. The average molecular weight is 354 g/mol. The number of allylic oxidation sites excluding steroid dienone is 1. The van der Waals surface area contributed by atoms with E-state index in [-0.39, 0.29) is 22.8 Å². The number of aromatic hydroxyl groups is 1. The number of carbonyl (C=O) groups is 1. The third kappa shape index (κ3) is 2.97. The molecule has 0 aliphatic heterocycles. The first-order chi connectivity index (χ1) is 12.6. The van der Waals surface area contributed by atoms with Crippen LogP contribution in [0.1, 0.15) is 15.9 Å². The van der Waals surface area contributed by atoms with Gasteiger partial charge in [-0.05, 0) is 29.8 Å². The number of ketones is 1. The molecular formula is C20H18O6. The molecule has 134 valence electrons. The van der Waals surface area contributed by atoms with Crippen molar-refractivity contribution in [2.24, 2.45) is 0 Å². The van der Waals surface area contributed by atoms with Crippen LogP contribution >= 0.6 is 0 Å². The van der Waals surface area contributed by atoms with Crippen molar-refractivity contribution in [3.8, 4) is 23.0 Å². The summed E-state index contributed by atoms with van der Waals surface area (Å²) >= 11 is 0. The number of benzene rings is 2. The molecule has 0 aliphatic carbocycles. The summed E-state index contributed by atoms with van der Waals surface area (Å²) in [5.41, 5.74) is 1.15. The van der Waals surface area contributed by atoms with Gasteiger partial charge in [0.15, 0.2) is 17.1 Å². The van der Waals surface area contributed by atoms with E-state index in [1.165, 1.54) is 26.6 Å². The zero-order valence-corrected chi connectivity index (χ0v) is 14.6. The number of ether oxygens (including phenoxy) is 3.